The number of nitrogens with zero attached hydrogens (tertiary/aromatic N) is 1. The lowest BCUT2D eigenvalue weighted by Crippen LogP contribution is -2.36. The minimum absolute atomic E-state index is 0.217. The van der Waals surface area contributed by atoms with Crippen LogP contribution in [0.2, 0.25) is 5.02 Å². The number of rotatable bonds is 5. The molecule has 20 heavy (non-hydrogen) atoms. The second kappa shape index (κ2) is 6.96. The number of carbonyl (C=O) groups excluding carboxylic acids is 1. The van der Waals surface area contributed by atoms with E-state index in [4.69, 9.17) is 16.1 Å². The highest BCUT2D eigenvalue weighted by molar-refractivity contribution is 6.30. The Labute approximate surface area is 122 Å². The average molecular weight is 294 g/mol. The van der Waals surface area contributed by atoms with Gasteiger partial charge in [-0.3, -0.25) is 0 Å². The molecule has 2 rings (SSSR count). The zero-order chi connectivity index (χ0) is 14.4. The fraction of sp³-hybridized carbons (Fsp3) is 0.286. The van der Waals surface area contributed by atoms with E-state index in [1.165, 1.54) is 0 Å². The molecule has 0 radical (unpaired) electrons. The summed E-state index contributed by atoms with van der Waals surface area (Å²) in [7, 11) is 0. The predicted molar refractivity (Wildman–Crippen MR) is 76.6 cm³/mol. The number of aromatic nitrogens is 1. The topological polar surface area (TPSA) is 67.2 Å². The van der Waals surface area contributed by atoms with Gasteiger partial charge < -0.3 is 15.2 Å². The molecule has 0 atom stereocenters. The summed E-state index contributed by atoms with van der Waals surface area (Å²) in [6.45, 7) is 2.78. The maximum atomic E-state index is 11.6. The minimum Gasteiger partial charge on any atom is -0.361 e. The van der Waals surface area contributed by atoms with Crippen molar-refractivity contribution >= 4 is 17.6 Å². The van der Waals surface area contributed by atoms with Gasteiger partial charge in [-0.2, -0.15) is 0 Å². The predicted octanol–water partition coefficient (Wildman–Crippen LogP) is 2.68. The molecule has 0 aliphatic carbocycles. The van der Waals surface area contributed by atoms with E-state index >= 15 is 0 Å². The van der Waals surface area contributed by atoms with E-state index in [0.29, 0.717) is 24.5 Å². The molecular weight excluding hydrogens is 278 g/mol. The first kappa shape index (κ1) is 14.4. The van der Waals surface area contributed by atoms with E-state index in [2.05, 4.69) is 15.8 Å². The van der Waals surface area contributed by atoms with Crippen molar-refractivity contribution in [3.05, 3.63) is 52.4 Å². The number of benzene rings is 1. The Balaban J connectivity index is 1.68. The Hall–Kier alpha value is -2.01. The molecule has 1 aromatic carbocycles. The van der Waals surface area contributed by atoms with Crippen LogP contribution in [0.4, 0.5) is 4.79 Å². The Bertz CT molecular complexity index is 583. The third kappa shape index (κ3) is 4.59. The molecule has 0 fully saturated rings. The van der Waals surface area contributed by atoms with Gasteiger partial charge in [0.1, 0.15) is 5.76 Å². The number of urea groups is 1. The quantitative estimate of drug-likeness (QED) is 0.890. The smallest absolute Gasteiger partial charge is 0.315 e. The molecule has 5 nitrogen and oxygen atoms in total. The Kier molecular flexibility index (Phi) is 5.01. The zero-order valence-electron chi connectivity index (χ0n) is 11.1. The molecule has 0 aliphatic heterocycles. The van der Waals surface area contributed by atoms with Gasteiger partial charge in [-0.15, -0.1) is 0 Å². The zero-order valence-corrected chi connectivity index (χ0v) is 11.9. The molecule has 106 valence electrons. The number of carbonyl (C=O) groups is 1. The van der Waals surface area contributed by atoms with E-state index < -0.39 is 0 Å². The van der Waals surface area contributed by atoms with Gasteiger partial charge in [0, 0.05) is 30.6 Å². The largest absolute Gasteiger partial charge is 0.361 e. The highest BCUT2D eigenvalue weighted by Gasteiger charge is 2.03. The van der Waals surface area contributed by atoms with Crippen molar-refractivity contribution in [3.8, 4) is 0 Å². The lowest BCUT2D eigenvalue weighted by molar-refractivity contribution is 0.240. The van der Waals surface area contributed by atoms with Gasteiger partial charge >= 0.3 is 6.03 Å². The van der Waals surface area contributed by atoms with Gasteiger partial charge in [0.2, 0.25) is 0 Å². The van der Waals surface area contributed by atoms with Crippen molar-refractivity contribution in [2.75, 3.05) is 6.54 Å². The van der Waals surface area contributed by atoms with Crippen molar-refractivity contribution in [1.82, 2.24) is 15.8 Å². The average Bonchev–Trinajstić information content (AvgIpc) is 2.82. The summed E-state index contributed by atoms with van der Waals surface area (Å²) in [5.41, 5.74) is 1.79. The normalized spacial score (nSPS) is 10.3. The van der Waals surface area contributed by atoms with Gasteiger partial charge in [-0.25, -0.2) is 4.79 Å². The van der Waals surface area contributed by atoms with E-state index in [1.807, 2.05) is 31.2 Å². The SMILES string of the molecule is Cc1cc(CCNC(=O)NCc2cccc(Cl)c2)no1. The van der Waals surface area contributed by atoms with Crippen molar-refractivity contribution in [2.45, 2.75) is 19.9 Å². The summed E-state index contributed by atoms with van der Waals surface area (Å²) in [5, 5.41) is 10.0. The molecule has 0 aliphatic rings. The van der Waals surface area contributed by atoms with Crippen molar-refractivity contribution in [1.29, 1.82) is 0 Å². The molecule has 0 spiro atoms. The molecule has 2 amide bonds. The number of halogens is 1. The summed E-state index contributed by atoms with van der Waals surface area (Å²) >= 11 is 5.87. The van der Waals surface area contributed by atoms with E-state index in [0.717, 1.165) is 17.0 Å². The molecule has 6 heteroatoms. The van der Waals surface area contributed by atoms with Gasteiger partial charge in [-0.1, -0.05) is 28.9 Å². The minimum atomic E-state index is -0.217. The summed E-state index contributed by atoms with van der Waals surface area (Å²) in [6, 6.07) is 9.01. The number of hydrogen-bond acceptors (Lipinski definition) is 3. The number of hydrogen-bond donors (Lipinski definition) is 2. The van der Waals surface area contributed by atoms with E-state index in [-0.39, 0.29) is 6.03 Å². The molecule has 0 saturated carbocycles. The van der Waals surface area contributed by atoms with Crippen LogP contribution in [0, 0.1) is 6.92 Å². The molecule has 1 heterocycles. The molecule has 2 N–H and O–H groups in total. The molecule has 2 aromatic rings. The van der Waals surface area contributed by atoms with Crippen LogP contribution in [-0.4, -0.2) is 17.7 Å². The van der Waals surface area contributed by atoms with Crippen molar-refractivity contribution in [2.24, 2.45) is 0 Å². The molecule has 0 unspecified atom stereocenters. The van der Waals surface area contributed by atoms with Gasteiger partial charge in [0.05, 0.1) is 5.69 Å². The summed E-state index contributed by atoms with van der Waals surface area (Å²) in [5.74, 6) is 0.769. The van der Waals surface area contributed by atoms with Gasteiger partial charge in [0.15, 0.2) is 0 Å². The highest BCUT2D eigenvalue weighted by atomic mass is 35.5. The Morgan fingerprint density at radius 1 is 1.35 bits per heavy atom. The first-order chi connectivity index (χ1) is 9.63. The first-order valence-corrected chi connectivity index (χ1v) is 6.69. The third-order valence-corrected chi connectivity index (χ3v) is 2.92. The van der Waals surface area contributed by atoms with Crippen LogP contribution in [0.25, 0.3) is 0 Å². The molecule has 0 bridgehead atoms. The second-order valence-corrected chi connectivity index (χ2v) is 4.85. The number of amides is 2. The fourth-order valence-corrected chi connectivity index (χ4v) is 1.94. The fourth-order valence-electron chi connectivity index (χ4n) is 1.73. The summed E-state index contributed by atoms with van der Waals surface area (Å²) < 4.78 is 4.95. The van der Waals surface area contributed by atoms with Crippen molar-refractivity contribution in [3.63, 3.8) is 0 Å². The molecular formula is C14H16ClN3O2. The maximum absolute atomic E-state index is 11.6. The van der Waals surface area contributed by atoms with E-state index in [9.17, 15) is 4.79 Å². The van der Waals surface area contributed by atoms with Crippen LogP contribution in [0.3, 0.4) is 0 Å². The third-order valence-electron chi connectivity index (χ3n) is 2.69. The molecule has 0 saturated heterocycles. The van der Waals surface area contributed by atoms with Crippen LogP contribution in [0.1, 0.15) is 17.0 Å². The maximum Gasteiger partial charge on any atom is 0.315 e. The van der Waals surface area contributed by atoms with Crippen LogP contribution in [0.15, 0.2) is 34.9 Å². The van der Waals surface area contributed by atoms with E-state index in [1.54, 1.807) is 6.07 Å². The lowest BCUT2D eigenvalue weighted by atomic mass is 10.2. The summed E-state index contributed by atoms with van der Waals surface area (Å²) in [4.78, 5) is 11.6. The van der Waals surface area contributed by atoms with Crippen LogP contribution in [-0.2, 0) is 13.0 Å². The first-order valence-electron chi connectivity index (χ1n) is 6.32. The standard InChI is InChI=1S/C14H16ClN3O2/c1-10-7-13(18-20-10)5-6-16-14(19)17-9-11-3-2-4-12(15)8-11/h2-4,7-8H,5-6,9H2,1H3,(H2,16,17,19). The summed E-state index contributed by atoms with van der Waals surface area (Å²) in [6.07, 6.45) is 0.641. The second-order valence-electron chi connectivity index (χ2n) is 4.42. The van der Waals surface area contributed by atoms with Crippen LogP contribution < -0.4 is 10.6 Å². The number of nitrogens with one attached hydrogen (secondary N) is 2. The Morgan fingerprint density at radius 2 is 2.20 bits per heavy atom. The Morgan fingerprint density at radius 3 is 2.90 bits per heavy atom. The molecule has 1 aromatic heterocycles. The van der Waals surface area contributed by atoms with Crippen LogP contribution in [0.5, 0.6) is 0 Å². The van der Waals surface area contributed by atoms with Gasteiger partial charge in [0.25, 0.3) is 0 Å². The van der Waals surface area contributed by atoms with Gasteiger partial charge in [-0.05, 0) is 24.6 Å². The lowest BCUT2D eigenvalue weighted by Gasteiger charge is -2.07. The van der Waals surface area contributed by atoms with Crippen LogP contribution >= 0.6 is 11.6 Å². The monoisotopic (exact) mass is 293 g/mol. The highest BCUT2D eigenvalue weighted by Crippen LogP contribution is 2.10. The number of aryl methyl sites for hydroxylation is 1. The van der Waals surface area contributed by atoms with Crippen molar-refractivity contribution < 1.29 is 9.32 Å².